The van der Waals surface area contributed by atoms with Crippen molar-refractivity contribution in [2.75, 3.05) is 13.2 Å². The van der Waals surface area contributed by atoms with E-state index in [-0.39, 0.29) is 0 Å². The number of ether oxygens (including phenoxy) is 4. The van der Waals surface area contributed by atoms with Gasteiger partial charge in [0.2, 0.25) is 0 Å². The van der Waals surface area contributed by atoms with Crippen molar-refractivity contribution in [3.8, 4) is 0 Å². The monoisotopic (exact) mass is 398 g/mol. The van der Waals surface area contributed by atoms with Gasteiger partial charge in [0.15, 0.2) is 12.6 Å². The molecule has 2 rings (SSSR count). The van der Waals surface area contributed by atoms with Crippen molar-refractivity contribution in [3.63, 3.8) is 0 Å². The third-order valence-corrected chi connectivity index (χ3v) is 4.40. The van der Waals surface area contributed by atoms with Crippen LogP contribution in [0, 0.1) is 0 Å². The van der Waals surface area contributed by atoms with E-state index in [1.807, 2.05) is 0 Å². The summed E-state index contributed by atoms with van der Waals surface area (Å²) in [6, 6.07) is 0. The van der Waals surface area contributed by atoms with Crippen molar-refractivity contribution in [1.82, 2.24) is 0 Å². The Balaban J connectivity index is 2.04. The molecule has 2 heterocycles. The summed E-state index contributed by atoms with van der Waals surface area (Å²) in [6.07, 6.45) is -13.8. The van der Waals surface area contributed by atoms with E-state index in [9.17, 15) is 30.6 Å². The first-order valence-electron chi connectivity index (χ1n) is 8.76. The van der Waals surface area contributed by atoms with Gasteiger partial charge >= 0.3 is 0 Å². The van der Waals surface area contributed by atoms with Gasteiger partial charge in [0.1, 0.15) is 48.8 Å². The predicted octanol–water partition coefficient (Wildman–Crippen LogP) is -3.57. The van der Waals surface area contributed by atoms with Crippen LogP contribution in [0.1, 0.15) is 20.8 Å². The van der Waals surface area contributed by atoms with Crippen LogP contribution in [0.3, 0.4) is 0 Å². The second-order valence-electron chi connectivity index (χ2n) is 7.74. The van der Waals surface area contributed by atoms with E-state index in [1.54, 1.807) is 20.8 Å². The molecule has 0 bridgehead atoms. The number of hydrogen-bond acceptors (Lipinski definition) is 11. The molecule has 160 valence electrons. The summed E-state index contributed by atoms with van der Waals surface area (Å²) in [5, 5.41) is 68.5. The Morgan fingerprint density at radius 3 is 1.85 bits per heavy atom. The quantitative estimate of drug-likeness (QED) is 0.225. The minimum Gasteiger partial charge on any atom is -0.394 e. The molecular formula is C16H30O11. The van der Waals surface area contributed by atoms with E-state index in [1.165, 1.54) is 0 Å². The van der Waals surface area contributed by atoms with Crippen LogP contribution in [0.15, 0.2) is 0 Å². The maximum Gasteiger partial charge on any atom is 0.187 e. The molecule has 27 heavy (non-hydrogen) atoms. The molecule has 0 radical (unpaired) electrons. The van der Waals surface area contributed by atoms with Gasteiger partial charge in [-0.05, 0) is 20.8 Å². The number of hydrogen-bond donors (Lipinski definition) is 7. The first-order valence-corrected chi connectivity index (χ1v) is 8.76. The zero-order valence-corrected chi connectivity index (χ0v) is 15.5. The fraction of sp³-hybridized carbons (Fsp3) is 1.00. The molecule has 0 spiro atoms. The maximum atomic E-state index is 10.2. The van der Waals surface area contributed by atoms with Gasteiger partial charge in [0.05, 0.1) is 18.8 Å². The molecule has 0 aromatic rings. The van der Waals surface area contributed by atoms with Crippen molar-refractivity contribution in [2.24, 2.45) is 0 Å². The first kappa shape index (κ1) is 22.8. The lowest BCUT2D eigenvalue weighted by molar-refractivity contribution is -0.254. The molecule has 0 saturated carbocycles. The molecule has 11 nitrogen and oxygen atoms in total. The summed E-state index contributed by atoms with van der Waals surface area (Å²) in [7, 11) is 0. The Morgan fingerprint density at radius 2 is 1.33 bits per heavy atom. The van der Waals surface area contributed by atoms with Gasteiger partial charge in [0, 0.05) is 0 Å². The van der Waals surface area contributed by atoms with Crippen molar-refractivity contribution >= 4 is 0 Å². The summed E-state index contributed by atoms with van der Waals surface area (Å²) in [6.45, 7) is 3.85. The molecular weight excluding hydrogens is 368 g/mol. The highest BCUT2D eigenvalue weighted by Gasteiger charge is 2.52. The summed E-state index contributed by atoms with van der Waals surface area (Å²) >= 11 is 0. The topological polar surface area (TPSA) is 179 Å². The maximum absolute atomic E-state index is 10.2. The van der Waals surface area contributed by atoms with Crippen molar-refractivity contribution in [2.45, 2.75) is 87.8 Å². The molecule has 2 aliphatic heterocycles. The normalized spacial score (nSPS) is 42.4. The van der Waals surface area contributed by atoms with Crippen LogP contribution in [0.2, 0.25) is 0 Å². The van der Waals surface area contributed by atoms with Crippen LogP contribution in [0.4, 0.5) is 0 Å². The van der Waals surface area contributed by atoms with Gasteiger partial charge in [0.25, 0.3) is 0 Å². The largest absolute Gasteiger partial charge is 0.394 e. The Bertz CT molecular complexity index is 470. The summed E-state index contributed by atoms with van der Waals surface area (Å²) in [4.78, 5) is 0. The fourth-order valence-corrected chi connectivity index (χ4v) is 3.03. The van der Waals surface area contributed by atoms with Gasteiger partial charge in [-0.1, -0.05) is 0 Å². The molecule has 7 N–H and O–H groups in total. The molecule has 2 unspecified atom stereocenters. The molecule has 0 aliphatic carbocycles. The average molecular weight is 398 g/mol. The van der Waals surface area contributed by atoms with Gasteiger partial charge in [-0.3, -0.25) is 0 Å². The molecule has 11 heteroatoms. The molecule has 0 aromatic heterocycles. The Labute approximate surface area is 156 Å². The second-order valence-corrected chi connectivity index (χ2v) is 7.74. The highest BCUT2D eigenvalue weighted by Crippen LogP contribution is 2.31. The zero-order chi connectivity index (χ0) is 20.5. The number of aliphatic hydroxyl groups excluding tert-OH is 7. The van der Waals surface area contributed by atoms with Crippen LogP contribution in [0.25, 0.3) is 0 Å². The third-order valence-electron chi connectivity index (χ3n) is 4.40. The molecule has 2 aliphatic rings. The lowest BCUT2D eigenvalue weighted by atomic mass is 10.1. The smallest absolute Gasteiger partial charge is 0.187 e. The Kier molecular flexibility index (Phi) is 7.55. The molecule has 2 fully saturated rings. The van der Waals surface area contributed by atoms with E-state index in [4.69, 9.17) is 24.1 Å². The fourth-order valence-electron chi connectivity index (χ4n) is 3.03. The average Bonchev–Trinajstić information content (AvgIpc) is 3.02. The summed E-state index contributed by atoms with van der Waals surface area (Å²) < 4.78 is 21.7. The van der Waals surface area contributed by atoms with Gasteiger partial charge in [-0.2, -0.15) is 0 Å². The molecule has 0 amide bonds. The van der Waals surface area contributed by atoms with Crippen LogP contribution in [-0.4, -0.2) is 116 Å². The van der Waals surface area contributed by atoms with Crippen LogP contribution in [0.5, 0.6) is 0 Å². The highest BCUT2D eigenvalue weighted by atomic mass is 16.7. The first-order chi connectivity index (χ1) is 12.5. The molecule has 2 saturated heterocycles. The summed E-state index contributed by atoms with van der Waals surface area (Å²) in [5.74, 6) is 0. The Morgan fingerprint density at radius 1 is 0.815 bits per heavy atom. The molecule has 0 aromatic carbocycles. The lowest BCUT2D eigenvalue weighted by Crippen LogP contribution is -2.46. The van der Waals surface area contributed by atoms with Crippen LogP contribution >= 0.6 is 0 Å². The Hall–Kier alpha value is -0.440. The van der Waals surface area contributed by atoms with E-state index < -0.39 is 80.2 Å². The van der Waals surface area contributed by atoms with E-state index in [2.05, 4.69) is 0 Å². The standard InChI is InChI=1S/C16H30O11/c1-16(2,3)27-15-11(23)9(21)13(26-15)7(5-18)24-14-10(22)8(20)12(25-14)6(19)4-17/h6-15,17-23H,4-5H2,1-3H3/t6-,7-,8+,9+,10?,11?,12+,13+,14-,15+/m1/s1. The van der Waals surface area contributed by atoms with Gasteiger partial charge in [-0.25, -0.2) is 0 Å². The van der Waals surface area contributed by atoms with Crippen molar-refractivity contribution < 1.29 is 54.7 Å². The SMILES string of the molecule is CC(C)(C)O[C@@H]1O[C@@H]([C@@H](CO)O[C@@H]2O[C@@H]([C@H](O)CO)[C@@H](O)C2O)[C@@H](O)C1O. The molecule has 10 atom stereocenters. The minimum absolute atomic E-state index is 0.660. The number of rotatable bonds is 7. The van der Waals surface area contributed by atoms with Gasteiger partial charge in [-0.15, -0.1) is 0 Å². The van der Waals surface area contributed by atoms with E-state index >= 15 is 0 Å². The third kappa shape index (κ3) is 5.14. The predicted molar refractivity (Wildman–Crippen MR) is 87.2 cm³/mol. The highest BCUT2D eigenvalue weighted by molar-refractivity contribution is 4.95. The second kappa shape index (κ2) is 8.93. The minimum atomic E-state index is -1.57. The van der Waals surface area contributed by atoms with E-state index in [0.29, 0.717) is 0 Å². The number of aliphatic hydroxyl groups is 7. The van der Waals surface area contributed by atoms with Gasteiger partial charge < -0.3 is 54.7 Å². The summed E-state index contributed by atoms with van der Waals surface area (Å²) in [5.41, 5.74) is -0.668. The van der Waals surface area contributed by atoms with Crippen LogP contribution < -0.4 is 0 Å². The van der Waals surface area contributed by atoms with Crippen LogP contribution in [-0.2, 0) is 18.9 Å². The van der Waals surface area contributed by atoms with Crippen molar-refractivity contribution in [1.29, 1.82) is 0 Å². The lowest BCUT2D eigenvalue weighted by Gasteiger charge is -2.28. The van der Waals surface area contributed by atoms with E-state index in [0.717, 1.165) is 0 Å². The van der Waals surface area contributed by atoms with Crippen molar-refractivity contribution in [3.05, 3.63) is 0 Å². The zero-order valence-electron chi connectivity index (χ0n) is 15.5.